The number of hydrogen-bond acceptors (Lipinski definition) is 3. The Morgan fingerprint density at radius 2 is 2.36 bits per heavy atom. The van der Waals surface area contributed by atoms with E-state index in [4.69, 9.17) is 0 Å². The van der Waals surface area contributed by atoms with Crippen LogP contribution in [0.3, 0.4) is 0 Å². The molecule has 14 heavy (non-hydrogen) atoms. The largest absolute Gasteiger partial charge is 0.288 e. The van der Waals surface area contributed by atoms with Crippen molar-refractivity contribution in [2.45, 2.75) is 13.8 Å². The Balaban J connectivity index is 2.47. The molecule has 0 aliphatic rings. The first kappa shape index (κ1) is 11.0. The molecule has 1 rings (SSSR count). The minimum absolute atomic E-state index is 0.150. The van der Waals surface area contributed by atoms with Gasteiger partial charge in [0.15, 0.2) is 5.12 Å². The van der Waals surface area contributed by atoms with E-state index in [0.29, 0.717) is 0 Å². The van der Waals surface area contributed by atoms with Crippen molar-refractivity contribution in [3.63, 3.8) is 0 Å². The van der Waals surface area contributed by atoms with Crippen LogP contribution in [0.15, 0.2) is 24.5 Å². The molecular formula is C11H13NOS. The lowest BCUT2D eigenvalue weighted by Gasteiger charge is -1.94. The van der Waals surface area contributed by atoms with Crippen LogP contribution >= 0.6 is 11.8 Å². The third-order valence-corrected chi connectivity index (χ3v) is 2.35. The van der Waals surface area contributed by atoms with E-state index in [1.165, 1.54) is 11.8 Å². The Labute approximate surface area is 88.4 Å². The maximum absolute atomic E-state index is 10.6. The summed E-state index contributed by atoms with van der Waals surface area (Å²) >= 11 is 1.31. The summed E-state index contributed by atoms with van der Waals surface area (Å²) in [5, 5.41) is 0.150. The van der Waals surface area contributed by atoms with Gasteiger partial charge in [0, 0.05) is 25.1 Å². The zero-order valence-corrected chi connectivity index (χ0v) is 9.17. The zero-order valence-electron chi connectivity index (χ0n) is 8.36. The maximum Gasteiger partial charge on any atom is 0.186 e. The molecule has 0 aliphatic heterocycles. The summed E-state index contributed by atoms with van der Waals surface area (Å²) in [4.78, 5) is 14.7. The average Bonchev–Trinajstić information content (AvgIpc) is 2.12. The molecule has 0 saturated carbocycles. The number of rotatable bonds is 3. The Bertz CT molecular complexity index is 347. The normalized spacial score (nSPS) is 10.7. The Morgan fingerprint density at radius 1 is 1.57 bits per heavy atom. The number of hydrogen-bond donors (Lipinski definition) is 0. The fourth-order valence-corrected chi connectivity index (χ4v) is 1.45. The molecule has 0 aromatic carbocycles. The van der Waals surface area contributed by atoms with Gasteiger partial charge in [0.2, 0.25) is 0 Å². The number of nitrogens with zero attached hydrogens (tertiary/aromatic N) is 1. The quantitative estimate of drug-likeness (QED) is 0.763. The predicted octanol–water partition coefficient (Wildman–Crippen LogP) is 2.68. The minimum atomic E-state index is 0.150. The van der Waals surface area contributed by atoms with Gasteiger partial charge in [0.25, 0.3) is 0 Å². The van der Waals surface area contributed by atoms with E-state index in [9.17, 15) is 4.79 Å². The highest BCUT2D eigenvalue weighted by atomic mass is 32.2. The van der Waals surface area contributed by atoms with Crippen LogP contribution < -0.4 is 0 Å². The molecule has 1 heterocycles. The minimum Gasteiger partial charge on any atom is -0.288 e. The van der Waals surface area contributed by atoms with Gasteiger partial charge in [-0.25, -0.2) is 0 Å². The summed E-state index contributed by atoms with van der Waals surface area (Å²) < 4.78 is 0. The average molecular weight is 207 g/mol. The van der Waals surface area contributed by atoms with Gasteiger partial charge in [-0.05, 0) is 24.1 Å². The molecule has 0 spiro atoms. The van der Waals surface area contributed by atoms with E-state index in [-0.39, 0.29) is 5.12 Å². The summed E-state index contributed by atoms with van der Waals surface area (Å²) in [6.07, 6.45) is 7.59. The number of aryl methyl sites for hydroxylation is 1. The molecule has 0 N–H and O–H groups in total. The summed E-state index contributed by atoms with van der Waals surface area (Å²) in [6, 6.07) is 2.06. The molecule has 2 nitrogen and oxygen atoms in total. The molecule has 74 valence electrons. The van der Waals surface area contributed by atoms with Gasteiger partial charge in [-0.2, -0.15) is 0 Å². The highest BCUT2D eigenvalue weighted by molar-refractivity contribution is 8.13. The molecule has 1 aromatic rings. The monoisotopic (exact) mass is 207 g/mol. The van der Waals surface area contributed by atoms with Crippen molar-refractivity contribution in [3.05, 3.63) is 35.7 Å². The van der Waals surface area contributed by atoms with Crippen molar-refractivity contribution >= 4 is 23.0 Å². The molecule has 1 aromatic heterocycles. The van der Waals surface area contributed by atoms with Crippen molar-refractivity contribution in [3.8, 4) is 0 Å². The number of carbonyl (C=O) groups is 1. The van der Waals surface area contributed by atoms with Gasteiger partial charge in [-0.3, -0.25) is 9.78 Å². The van der Waals surface area contributed by atoms with E-state index >= 15 is 0 Å². The van der Waals surface area contributed by atoms with E-state index in [1.807, 2.05) is 31.5 Å². The van der Waals surface area contributed by atoms with Crippen molar-refractivity contribution in [2.24, 2.45) is 0 Å². The summed E-state index contributed by atoms with van der Waals surface area (Å²) in [5.41, 5.74) is 2.22. The smallest absolute Gasteiger partial charge is 0.186 e. The van der Waals surface area contributed by atoms with E-state index in [0.717, 1.165) is 16.9 Å². The third-order valence-electron chi connectivity index (χ3n) is 1.59. The Morgan fingerprint density at radius 3 is 3.00 bits per heavy atom. The first-order chi connectivity index (χ1) is 6.68. The fraction of sp³-hybridized carbons (Fsp3) is 0.273. The zero-order chi connectivity index (χ0) is 10.4. The molecule has 0 fully saturated rings. The topological polar surface area (TPSA) is 30.0 Å². The summed E-state index contributed by atoms with van der Waals surface area (Å²) in [5.74, 6) is 0.725. The van der Waals surface area contributed by atoms with E-state index in [2.05, 4.69) is 11.1 Å². The summed E-state index contributed by atoms with van der Waals surface area (Å²) in [7, 11) is 0. The number of pyridine rings is 1. The van der Waals surface area contributed by atoms with Crippen LogP contribution in [0.5, 0.6) is 0 Å². The lowest BCUT2D eigenvalue weighted by molar-refractivity contribution is -0.109. The highest BCUT2D eigenvalue weighted by Gasteiger charge is 1.90. The fourth-order valence-electron chi connectivity index (χ4n) is 1.02. The van der Waals surface area contributed by atoms with Gasteiger partial charge < -0.3 is 0 Å². The van der Waals surface area contributed by atoms with Crippen LogP contribution in [0.1, 0.15) is 18.1 Å². The van der Waals surface area contributed by atoms with Gasteiger partial charge in [0.1, 0.15) is 0 Å². The first-order valence-electron chi connectivity index (χ1n) is 4.40. The molecule has 3 heteroatoms. The molecule has 0 atom stereocenters. The SMILES string of the molecule is CC(=O)SCC=Cc1cncc(C)c1. The van der Waals surface area contributed by atoms with Crippen molar-refractivity contribution in [1.82, 2.24) is 4.98 Å². The number of aromatic nitrogens is 1. The molecule has 0 amide bonds. The van der Waals surface area contributed by atoms with Crippen LogP contribution in [0, 0.1) is 6.92 Å². The van der Waals surface area contributed by atoms with Gasteiger partial charge >= 0.3 is 0 Å². The van der Waals surface area contributed by atoms with Gasteiger partial charge in [0.05, 0.1) is 0 Å². The van der Waals surface area contributed by atoms with E-state index < -0.39 is 0 Å². The second-order valence-corrected chi connectivity index (χ2v) is 4.20. The Kier molecular flexibility index (Phi) is 4.40. The Hall–Kier alpha value is -1.09. The maximum atomic E-state index is 10.6. The first-order valence-corrected chi connectivity index (χ1v) is 5.38. The van der Waals surface area contributed by atoms with Crippen molar-refractivity contribution in [1.29, 1.82) is 0 Å². The van der Waals surface area contributed by atoms with Crippen LogP contribution in [0.25, 0.3) is 6.08 Å². The molecule has 0 bridgehead atoms. The van der Waals surface area contributed by atoms with Crippen LogP contribution in [0.4, 0.5) is 0 Å². The van der Waals surface area contributed by atoms with Gasteiger partial charge in [-0.15, -0.1) is 0 Å². The number of thioether (sulfide) groups is 1. The number of carbonyl (C=O) groups excluding carboxylic acids is 1. The second-order valence-electron chi connectivity index (χ2n) is 3.00. The lowest BCUT2D eigenvalue weighted by Crippen LogP contribution is -1.82. The van der Waals surface area contributed by atoms with Gasteiger partial charge in [-0.1, -0.05) is 23.9 Å². The molecule has 0 saturated heterocycles. The van der Waals surface area contributed by atoms with Crippen LogP contribution in [-0.2, 0) is 4.79 Å². The van der Waals surface area contributed by atoms with Crippen LogP contribution in [0.2, 0.25) is 0 Å². The van der Waals surface area contributed by atoms with Crippen molar-refractivity contribution < 1.29 is 4.79 Å². The standard InChI is InChI=1S/C11H13NOS/c1-9-6-11(8-12-7-9)4-3-5-14-10(2)13/h3-4,6-8H,5H2,1-2H3. The van der Waals surface area contributed by atoms with Crippen molar-refractivity contribution in [2.75, 3.05) is 5.75 Å². The summed E-state index contributed by atoms with van der Waals surface area (Å²) in [6.45, 7) is 3.58. The lowest BCUT2D eigenvalue weighted by atomic mass is 10.2. The molecule has 0 aliphatic carbocycles. The second kappa shape index (κ2) is 5.60. The van der Waals surface area contributed by atoms with Crippen LogP contribution in [-0.4, -0.2) is 15.9 Å². The predicted molar refractivity (Wildman–Crippen MR) is 61.1 cm³/mol. The van der Waals surface area contributed by atoms with E-state index in [1.54, 1.807) is 6.92 Å². The molecule has 0 unspecified atom stereocenters. The highest BCUT2D eigenvalue weighted by Crippen LogP contribution is 2.06. The third kappa shape index (κ3) is 4.23. The molecular weight excluding hydrogens is 194 g/mol. The molecule has 0 radical (unpaired) electrons.